The molecule has 8 nitrogen and oxygen atoms in total. The first-order valence-electron chi connectivity index (χ1n) is 9.36. The fourth-order valence-corrected chi connectivity index (χ4v) is 4.19. The molecule has 1 amide bonds. The predicted molar refractivity (Wildman–Crippen MR) is 111 cm³/mol. The van der Waals surface area contributed by atoms with E-state index in [-0.39, 0.29) is 31.1 Å². The quantitative estimate of drug-likeness (QED) is 0.334. The van der Waals surface area contributed by atoms with Crippen LogP contribution in [-0.4, -0.2) is 57.1 Å². The third kappa shape index (κ3) is 7.13. The van der Waals surface area contributed by atoms with Crippen molar-refractivity contribution in [2.24, 2.45) is 5.92 Å². The minimum absolute atomic E-state index is 0.0163. The summed E-state index contributed by atoms with van der Waals surface area (Å²) < 4.78 is 28.2. The Morgan fingerprint density at radius 2 is 1.90 bits per heavy atom. The monoisotopic (exact) mass is 445 g/mol. The summed E-state index contributed by atoms with van der Waals surface area (Å²) in [7, 11) is 1.41. The van der Waals surface area contributed by atoms with Gasteiger partial charge in [-0.15, -0.1) is 0 Å². The Morgan fingerprint density at radius 1 is 1.21 bits per heavy atom. The van der Waals surface area contributed by atoms with Crippen molar-refractivity contribution in [2.45, 2.75) is 39.1 Å². The zero-order valence-corrected chi connectivity index (χ0v) is 18.7. The minimum Gasteiger partial charge on any atom is -0.456 e. The standard InChI is InChI=1S/C19H28NO7PS/c1-13-14(2)26-17(18(13)27-19(22)16-8-6-5-7-9-16)12-25-28(29,23-4)24-11-10-20-15(3)21/h5-9,13-14,17-18H,10-12H2,1-4H3,(H,20,21)/t13-,14-,17+,18-,28?/m0/s1. The molecule has 2 rings (SSSR count). The molecule has 1 unspecified atom stereocenters. The van der Waals surface area contributed by atoms with Crippen molar-refractivity contribution in [3.05, 3.63) is 35.9 Å². The molecule has 162 valence electrons. The molecular formula is C19H28NO7PS. The van der Waals surface area contributed by atoms with Gasteiger partial charge in [0.05, 0.1) is 24.9 Å². The summed E-state index contributed by atoms with van der Waals surface area (Å²) in [6.07, 6.45) is -1.10. The second-order valence-corrected chi connectivity index (χ2v) is 9.83. The van der Waals surface area contributed by atoms with Gasteiger partial charge < -0.3 is 28.4 Å². The highest BCUT2D eigenvalue weighted by Crippen LogP contribution is 2.49. The maximum atomic E-state index is 12.5. The van der Waals surface area contributed by atoms with Crippen molar-refractivity contribution in [1.29, 1.82) is 0 Å². The molecule has 0 saturated carbocycles. The molecule has 1 aromatic carbocycles. The molecule has 0 radical (unpaired) electrons. The van der Waals surface area contributed by atoms with Crippen LogP contribution in [0.3, 0.4) is 0 Å². The van der Waals surface area contributed by atoms with Crippen LogP contribution < -0.4 is 5.32 Å². The molecule has 1 aliphatic rings. The van der Waals surface area contributed by atoms with Crippen LogP contribution in [0.1, 0.15) is 31.1 Å². The molecular weight excluding hydrogens is 417 g/mol. The van der Waals surface area contributed by atoms with Crippen LogP contribution in [-0.2, 0) is 39.6 Å². The van der Waals surface area contributed by atoms with Crippen molar-refractivity contribution in [3.63, 3.8) is 0 Å². The molecule has 1 aromatic rings. The van der Waals surface area contributed by atoms with E-state index in [9.17, 15) is 9.59 Å². The molecule has 1 N–H and O–H groups in total. The second kappa shape index (κ2) is 11.2. The first kappa shape index (κ1) is 23.9. The van der Waals surface area contributed by atoms with Crippen LogP contribution in [0.5, 0.6) is 0 Å². The maximum absolute atomic E-state index is 12.5. The normalized spacial score (nSPS) is 25.9. The largest absolute Gasteiger partial charge is 0.456 e. The summed E-state index contributed by atoms with van der Waals surface area (Å²) in [4.78, 5) is 23.4. The van der Waals surface area contributed by atoms with E-state index < -0.39 is 24.9 Å². The lowest BCUT2D eigenvalue weighted by atomic mass is 9.99. The number of carbonyl (C=O) groups excluding carboxylic acids is 2. The van der Waals surface area contributed by atoms with Gasteiger partial charge in [0.15, 0.2) is 0 Å². The number of rotatable bonds is 10. The summed E-state index contributed by atoms with van der Waals surface area (Å²) in [6, 6.07) is 8.79. The Hall–Kier alpha value is -1.35. The molecule has 1 fully saturated rings. The SMILES string of the molecule is COP(=S)(OCCNC(C)=O)OC[C@H]1O[C@@H](C)[C@H](C)[C@@H]1OC(=O)c1ccccc1. The van der Waals surface area contributed by atoms with Gasteiger partial charge in [-0.3, -0.25) is 4.79 Å². The first-order valence-corrected chi connectivity index (χ1v) is 11.9. The molecule has 5 atom stereocenters. The minimum atomic E-state index is -3.01. The average Bonchev–Trinajstić information content (AvgIpc) is 2.98. The van der Waals surface area contributed by atoms with Gasteiger partial charge in [-0.1, -0.05) is 25.1 Å². The molecule has 1 aliphatic heterocycles. The van der Waals surface area contributed by atoms with E-state index in [1.165, 1.54) is 14.0 Å². The lowest BCUT2D eigenvalue weighted by molar-refractivity contribution is -0.119. The van der Waals surface area contributed by atoms with E-state index in [0.29, 0.717) is 12.1 Å². The fraction of sp³-hybridized carbons (Fsp3) is 0.579. The molecule has 1 heterocycles. The number of esters is 1. The molecule has 1 saturated heterocycles. The Balaban J connectivity index is 1.95. The van der Waals surface area contributed by atoms with E-state index in [4.69, 9.17) is 34.9 Å². The van der Waals surface area contributed by atoms with Gasteiger partial charge in [-0.25, -0.2) is 4.79 Å². The Bertz CT molecular complexity index is 733. The average molecular weight is 445 g/mol. The zero-order chi connectivity index (χ0) is 21.4. The molecule has 0 aromatic heterocycles. The zero-order valence-electron chi connectivity index (χ0n) is 17.0. The maximum Gasteiger partial charge on any atom is 0.338 e. The second-order valence-electron chi connectivity index (χ2n) is 6.72. The van der Waals surface area contributed by atoms with Crippen LogP contribution in [0.2, 0.25) is 0 Å². The smallest absolute Gasteiger partial charge is 0.338 e. The van der Waals surface area contributed by atoms with Gasteiger partial charge in [0.2, 0.25) is 5.91 Å². The third-order valence-electron chi connectivity index (χ3n) is 4.61. The van der Waals surface area contributed by atoms with Gasteiger partial charge in [0.25, 0.3) is 0 Å². The molecule has 10 heteroatoms. The number of benzene rings is 1. The number of nitrogens with one attached hydrogen (secondary N) is 1. The number of hydrogen-bond donors (Lipinski definition) is 1. The Kier molecular flexibility index (Phi) is 9.20. The molecule has 29 heavy (non-hydrogen) atoms. The summed E-state index contributed by atoms with van der Waals surface area (Å²) in [6.45, 7) is 2.81. The Labute approximate surface area is 176 Å². The van der Waals surface area contributed by atoms with E-state index in [1.54, 1.807) is 24.3 Å². The number of hydrogen-bond acceptors (Lipinski definition) is 8. The topological polar surface area (TPSA) is 92.3 Å². The summed E-state index contributed by atoms with van der Waals surface area (Å²) in [5.41, 5.74) is 0.474. The lowest BCUT2D eigenvalue weighted by Gasteiger charge is -2.25. The fourth-order valence-electron chi connectivity index (χ4n) is 2.86. The van der Waals surface area contributed by atoms with Gasteiger partial charge >= 0.3 is 12.7 Å². The van der Waals surface area contributed by atoms with Crippen LogP contribution in [0, 0.1) is 5.92 Å². The number of ether oxygens (including phenoxy) is 2. The highest BCUT2D eigenvalue weighted by atomic mass is 32.5. The lowest BCUT2D eigenvalue weighted by Crippen LogP contribution is -2.34. The summed E-state index contributed by atoms with van der Waals surface area (Å²) in [5, 5.41) is 2.61. The van der Waals surface area contributed by atoms with Gasteiger partial charge in [-0.05, 0) is 30.9 Å². The Morgan fingerprint density at radius 3 is 2.52 bits per heavy atom. The van der Waals surface area contributed by atoms with Crippen molar-refractivity contribution >= 4 is 30.4 Å². The van der Waals surface area contributed by atoms with Crippen LogP contribution in [0.15, 0.2) is 30.3 Å². The predicted octanol–water partition coefficient (Wildman–Crippen LogP) is 2.68. The molecule has 0 spiro atoms. The van der Waals surface area contributed by atoms with E-state index in [2.05, 4.69) is 5.32 Å². The van der Waals surface area contributed by atoms with Gasteiger partial charge in [-0.2, -0.15) is 0 Å². The van der Waals surface area contributed by atoms with Crippen LogP contribution >= 0.6 is 6.72 Å². The van der Waals surface area contributed by atoms with E-state index in [0.717, 1.165) is 0 Å². The van der Waals surface area contributed by atoms with Crippen molar-refractivity contribution in [1.82, 2.24) is 5.32 Å². The third-order valence-corrected chi connectivity index (χ3v) is 7.10. The number of amides is 1. The molecule has 0 aliphatic carbocycles. The number of carbonyl (C=O) groups is 2. The first-order chi connectivity index (χ1) is 13.8. The van der Waals surface area contributed by atoms with Gasteiger partial charge in [0.1, 0.15) is 12.2 Å². The van der Waals surface area contributed by atoms with E-state index in [1.807, 2.05) is 19.9 Å². The van der Waals surface area contributed by atoms with Crippen LogP contribution in [0.25, 0.3) is 0 Å². The van der Waals surface area contributed by atoms with Crippen molar-refractivity contribution in [2.75, 3.05) is 26.9 Å². The highest BCUT2D eigenvalue weighted by molar-refractivity contribution is 8.07. The highest BCUT2D eigenvalue weighted by Gasteiger charge is 2.43. The van der Waals surface area contributed by atoms with Crippen molar-refractivity contribution < 1.29 is 32.6 Å². The summed E-state index contributed by atoms with van der Waals surface area (Å²) >= 11 is 5.35. The van der Waals surface area contributed by atoms with E-state index >= 15 is 0 Å². The van der Waals surface area contributed by atoms with Gasteiger partial charge in [0, 0.05) is 26.5 Å². The van der Waals surface area contributed by atoms with Crippen molar-refractivity contribution in [3.8, 4) is 0 Å². The van der Waals surface area contributed by atoms with Crippen LogP contribution in [0.4, 0.5) is 0 Å². The summed E-state index contributed by atoms with van der Waals surface area (Å²) in [5.74, 6) is -0.592. The molecule has 0 bridgehead atoms.